The Hall–Kier alpha value is -4.84. The van der Waals surface area contributed by atoms with E-state index in [4.69, 9.17) is 19.8 Å². The fourth-order valence-corrected chi connectivity index (χ4v) is 7.40. The first-order chi connectivity index (χ1) is 23.4. The van der Waals surface area contributed by atoms with Crippen LogP contribution in [0.15, 0.2) is 78.8 Å². The van der Waals surface area contributed by atoms with Crippen LogP contribution >= 0.6 is 11.3 Å². The van der Waals surface area contributed by atoms with E-state index >= 15 is 0 Å². The summed E-state index contributed by atoms with van der Waals surface area (Å²) in [7, 11) is -13.0. The number of benzene rings is 4. The molecule has 18 nitrogen and oxygen atoms in total. The van der Waals surface area contributed by atoms with Crippen molar-refractivity contribution in [3.63, 3.8) is 0 Å². The van der Waals surface area contributed by atoms with Gasteiger partial charge in [0.15, 0.2) is 5.75 Å². The number of aromatic nitrogens is 1. The van der Waals surface area contributed by atoms with Crippen molar-refractivity contribution in [2.24, 2.45) is 20.5 Å². The number of fused-ring (bicyclic) bond motifs is 2. The highest BCUT2D eigenvalue weighted by Gasteiger charge is 2.27. The molecule has 50 heavy (non-hydrogen) atoms. The quantitative estimate of drug-likeness (QED) is 0.0419. The van der Waals surface area contributed by atoms with Crippen LogP contribution in [-0.2, 0) is 30.4 Å². The van der Waals surface area contributed by atoms with Gasteiger partial charge in [-0.25, -0.2) is 4.98 Å². The second-order valence-corrected chi connectivity index (χ2v) is 15.8. The minimum atomic E-state index is -5.21. The van der Waals surface area contributed by atoms with Crippen molar-refractivity contribution in [1.82, 2.24) is 4.98 Å². The highest BCUT2D eigenvalue weighted by molar-refractivity contribution is 7.86. The summed E-state index contributed by atoms with van der Waals surface area (Å²) in [5.41, 5.74) is 5.70. The Balaban J connectivity index is 1.59. The summed E-state index contributed by atoms with van der Waals surface area (Å²) in [6, 6.07) is 10.9. The van der Waals surface area contributed by atoms with Crippen molar-refractivity contribution in [1.29, 1.82) is 0 Å². The molecule has 0 aliphatic carbocycles. The number of phenols is 1. The van der Waals surface area contributed by atoms with Gasteiger partial charge in [0.05, 0.1) is 41.1 Å². The zero-order chi connectivity index (χ0) is 36.6. The van der Waals surface area contributed by atoms with Gasteiger partial charge in [-0.15, -0.1) is 20.5 Å². The van der Waals surface area contributed by atoms with Crippen LogP contribution < -0.4 is 15.2 Å². The minimum Gasteiger partial charge on any atom is -0.505 e. The molecule has 22 heteroatoms. The van der Waals surface area contributed by atoms with Crippen LogP contribution in [0.1, 0.15) is 12.0 Å². The number of phenolic OH excluding ortho intramolecular Hbond substituents is 1. The van der Waals surface area contributed by atoms with E-state index < -0.39 is 68.4 Å². The molecule has 0 aliphatic rings. The molecule has 264 valence electrons. The molecule has 0 saturated heterocycles. The number of thiazole rings is 1. The molecule has 0 unspecified atom stereocenters. The number of anilines is 1. The molecular formula is C28H26N6O12S4. The molecule has 0 saturated carbocycles. The molecule has 4 aromatic carbocycles. The molecule has 1 heterocycles. The van der Waals surface area contributed by atoms with Gasteiger partial charge in [-0.05, 0) is 61.4 Å². The summed E-state index contributed by atoms with van der Waals surface area (Å²) >= 11 is 1.25. The first-order valence-corrected chi connectivity index (χ1v) is 19.2. The predicted octanol–water partition coefficient (Wildman–Crippen LogP) is 6.04. The normalized spacial score (nSPS) is 12.8. The largest absolute Gasteiger partial charge is 0.505 e. The van der Waals surface area contributed by atoms with Crippen molar-refractivity contribution in [2.75, 3.05) is 25.2 Å². The molecule has 0 spiro atoms. The minimum absolute atomic E-state index is 0.0622. The van der Waals surface area contributed by atoms with Crippen LogP contribution in [0.3, 0.4) is 0 Å². The zero-order valence-corrected chi connectivity index (χ0v) is 29.0. The van der Waals surface area contributed by atoms with Crippen molar-refractivity contribution >= 4 is 90.6 Å². The summed E-state index contributed by atoms with van der Waals surface area (Å²) < 4.78 is 112. The molecule has 0 atom stereocenters. The van der Waals surface area contributed by atoms with E-state index in [1.807, 2.05) is 0 Å². The SMILES string of the molecule is COc1ccc2nc(N=Nc3cc(OCCCS(=O)(=O)O)c(N=Nc4c(S(=O)(=O)O)cc5c(S(=O)(=O)O)c(N)ccc5c4O)cc3C)sc2c1. The molecule has 1 aromatic heterocycles. The number of azo groups is 2. The molecule has 0 bridgehead atoms. The maximum absolute atomic E-state index is 12.4. The van der Waals surface area contributed by atoms with Crippen molar-refractivity contribution < 1.29 is 53.5 Å². The number of hydrogen-bond acceptors (Lipinski definition) is 16. The van der Waals surface area contributed by atoms with Gasteiger partial charge < -0.3 is 20.3 Å². The van der Waals surface area contributed by atoms with Gasteiger partial charge in [-0.3, -0.25) is 13.7 Å². The Morgan fingerprint density at radius 3 is 2.24 bits per heavy atom. The number of rotatable bonds is 12. The van der Waals surface area contributed by atoms with E-state index in [2.05, 4.69) is 25.4 Å². The van der Waals surface area contributed by atoms with E-state index in [1.54, 1.807) is 25.1 Å². The number of nitrogen functional groups attached to an aromatic ring is 1. The van der Waals surface area contributed by atoms with Crippen LogP contribution in [0.5, 0.6) is 17.2 Å². The lowest BCUT2D eigenvalue weighted by molar-refractivity contribution is 0.317. The summed E-state index contributed by atoms with van der Waals surface area (Å²) in [6.45, 7) is 1.37. The first-order valence-electron chi connectivity index (χ1n) is 13.9. The van der Waals surface area contributed by atoms with Gasteiger partial charge in [0.25, 0.3) is 30.4 Å². The highest BCUT2D eigenvalue weighted by atomic mass is 32.2. The van der Waals surface area contributed by atoms with E-state index in [0.29, 0.717) is 28.0 Å². The Labute approximate surface area is 288 Å². The summed E-state index contributed by atoms with van der Waals surface area (Å²) in [4.78, 5) is 2.42. The molecule has 5 rings (SSSR count). The standard InChI is InChI=1S/C28H26N6O12S4/c1-14-10-21(32-33-25-24(49(39,40)41)12-17-16(26(25)35)5-6-18(29)27(17)50(42,43)44)22(46-8-3-9-48(36,37)38)13-20(14)31-34-28-30-19-7-4-15(45-2)11-23(19)47-28/h4-7,10-13,35H,3,8-9,29H2,1-2H3,(H,36,37,38)(H,39,40,41)(H,42,43,44). The van der Waals surface area contributed by atoms with Gasteiger partial charge in [0.1, 0.15) is 32.7 Å². The second-order valence-electron chi connectivity index (χ2n) is 10.4. The molecule has 0 radical (unpaired) electrons. The van der Waals surface area contributed by atoms with Crippen LogP contribution in [-0.4, -0.2) is 68.5 Å². The lowest BCUT2D eigenvalue weighted by atomic mass is 10.1. The first kappa shape index (κ1) is 36.4. The van der Waals surface area contributed by atoms with E-state index in [0.717, 1.165) is 16.8 Å². The Bertz CT molecular complexity index is 2550. The molecule has 5 aromatic rings. The summed E-state index contributed by atoms with van der Waals surface area (Å²) in [5.74, 6) is -0.985. The topological polar surface area (TPSA) is 290 Å². The van der Waals surface area contributed by atoms with E-state index in [-0.39, 0.29) is 35.5 Å². The van der Waals surface area contributed by atoms with E-state index in [1.165, 1.54) is 30.6 Å². The lowest BCUT2D eigenvalue weighted by Crippen LogP contribution is -2.08. The third-order valence-electron chi connectivity index (χ3n) is 6.92. The van der Waals surface area contributed by atoms with Crippen LogP contribution in [0, 0.1) is 6.92 Å². The fourth-order valence-electron chi connectivity index (χ4n) is 4.64. The van der Waals surface area contributed by atoms with Crippen molar-refractivity contribution in [3.8, 4) is 17.2 Å². The maximum atomic E-state index is 12.4. The number of hydrogen-bond donors (Lipinski definition) is 5. The molecular weight excluding hydrogens is 741 g/mol. The predicted molar refractivity (Wildman–Crippen MR) is 182 cm³/mol. The smallest absolute Gasteiger partial charge is 0.297 e. The number of methoxy groups -OCH3 is 1. The number of nitrogens with zero attached hydrogens (tertiary/aromatic N) is 5. The third kappa shape index (κ3) is 8.13. The Morgan fingerprint density at radius 1 is 0.860 bits per heavy atom. The third-order valence-corrected chi connectivity index (χ3v) is 10.5. The van der Waals surface area contributed by atoms with Gasteiger partial charge in [0.2, 0.25) is 5.13 Å². The average molecular weight is 767 g/mol. The average Bonchev–Trinajstić information content (AvgIpc) is 3.43. The van der Waals surface area contributed by atoms with Crippen molar-refractivity contribution in [3.05, 3.63) is 54.1 Å². The molecule has 0 fully saturated rings. The number of ether oxygens (including phenoxy) is 2. The number of aromatic hydroxyl groups is 1. The van der Waals surface area contributed by atoms with Gasteiger partial charge in [0, 0.05) is 16.8 Å². The van der Waals surface area contributed by atoms with Crippen molar-refractivity contribution in [2.45, 2.75) is 23.1 Å². The van der Waals surface area contributed by atoms with E-state index in [9.17, 15) is 39.5 Å². The van der Waals surface area contributed by atoms with Gasteiger partial charge in [-0.1, -0.05) is 11.3 Å². The Morgan fingerprint density at radius 2 is 1.58 bits per heavy atom. The zero-order valence-electron chi connectivity index (χ0n) is 25.7. The number of aryl methyl sites for hydroxylation is 1. The lowest BCUT2D eigenvalue weighted by Gasteiger charge is -2.13. The maximum Gasteiger partial charge on any atom is 0.297 e. The van der Waals surface area contributed by atoms with Gasteiger partial charge in [-0.2, -0.15) is 25.3 Å². The van der Waals surface area contributed by atoms with Crippen LogP contribution in [0.25, 0.3) is 21.0 Å². The monoisotopic (exact) mass is 766 g/mol. The summed E-state index contributed by atoms with van der Waals surface area (Å²) in [6.07, 6.45) is -0.146. The fraction of sp³-hybridized carbons (Fsp3) is 0.179. The Kier molecular flexibility index (Phi) is 10.1. The summed E-state index contributed by atoms with van der Waals surface area (Å²) in [5, 5.41) is 26.8. The molecule has 6 N–H and O–H groups in total. The molecule has 0 aliphatic heterocycles. The van der Waals surface area contributed by atoms with Crippen LogP contribution in [0.2, 0.25) is 0 Å². The van der Waals surface area contributed by atoms with Gasteiger partial charge >= 0.3 is 0 Å². The van der Waals surface area contributed by atoms with Crippen LogP contribution in [0.4, 0.5) is 27.9 Å². The molecule has 0 amide bonds. The second kappa shape index (κ2) is 13.8. The number of nitrogens with two attached hydrogens (primary N) is 1. The highest BCUT2D eigenvalue weighted by Crippen LogP contribution is 2.45.